The molecule has 1 aliphatic rings. The highest BCUT2D eigenvalue weighted by molar-refractivity contribution is 9.10. The van der Waals surface area contributed by atoms with Crippen molar-refractivity contribution >= 4 is 21.7 Å². The third-order valence-electron chi connectivity index (χ3n) is 3.95. The van der Waals surface area contributed by atoms with Gasteiger partial charge in [-0.1, -0.05) is 0 Å². The van der Waals surface area contributed by atoms with Gasteiger partial charge < -0.3 is 9.84 Å². The van der Waals surface area contributed by atoms with Crippen LogP contribution in [0, 0.1) is 5.82 Å². The van der Waals surface area contributed by atoms with E-state index in [1.54, 1.807) is 12.1 Å². The molecule has 0 aromatic heterocycles. The van der Waals surface area contributed by atoms with Crippen molar-refractivity contribution in [3.05, 3.63) is 51.2 Å². The molecule has 0 aliphatic heterocycles. The zero-order chi connectivity index (χ0) is 15.9. The van der Waals surface area contributed by atoms with Crippen LogP contribution in [-0.4, -0.2) is 18.0 Å². The fourth-order valence-corrected chi connectivity index (χ4v) is 3.21. The minimum absolute atomic E-state index is 0.101. The largest absolute Gasteiger partial charge is 0.496 e. The van der Waals surface area contributed by atoms with E-state index in [1.807, 2.05) is 6.07 Å². The van der Waals surface area contributed by atoms with Crippen molar-refractivity contribution in [1.82, 2.24) is 0 Å². The van der Waals surface area contributed by atoms with Crippen LogP contribution in [0.4, 0.5) is 4.39 Å². The van der Waals surface area contributed by atoms with Gasteiger partial charge in [0.05, 0.1) is 18.2 Å². The van der Waals surface area contributed by atoms with Crippen molar-refractivity contribution in [2.45, 2.75) is 19.4 Å². The van der Waals surface area contributed by atoms with E-state index in [9.17, 15) is 14.3 Å². The van der Waals surface area contributed by atoms with Gasteiger partial charge in [0, 0.05) is 17.5 Å². The molecule has 0 spiro atoms. The molecule has 0 radical (unpaired) electrons. The van der Waals surface area contributed by atoms with Crippen LogP contribution in [0.15, 0.2) is 28.7 Å². The van der Waals surface area contributed by atoms with Gasteiger partial charge in [-0.05, 0) is 63.3 Å². The molecule has 2 aromatic rings. The average Bonchev–Trinajstić information content (AvgIpc) is 2.88. The molecular formula is C17H14BrFO3. The Morgan fingerprint density at radius 2 is 1.95 bits per heavy atom. The van der Waals surface area contributed by atoms with E-state index in [1.165, 1.54) is 13.2 Å². The van der Waals surface area contributed by atoms with Crippen LogP contribution in [0.2, 0.25) is 0 Å². The smallest absolute Gasteiger partial charge is 0.163 e. The number of aliphatic hydroxyl groups excluding tert-OH is 1. The maximum atomic E-state index is 13.9. The van der Waals surface area contributed by atoms with Gasteiger partial charge in [-0.2, -0.15) is 0 Å². The number of fused-ring (bicyclic) bond motifs is 1. The Bertz CT molecular complexity index is 771. The molecule has 22 heavy (non-hydrogen) atoms. The van der Waals surface area contributed by atoms with E-state index < -0.39 is 5.82 Å². The van der Waals surface area contributed by atoms with Crippen LogP contribution in [0.5, 0.6) is 5.75 Å². The van der Waals surface area contributed by atoms with E-state index in [4.69, 9.17) is 4.74 Å². The number of methoxy groups -OCH3 is 1. The fourth-order valence-electron chi connectivity index (χ4n) is 2.82. The van der Waals surface area contributed by atoms with Crippen molar-refractivity contribution in [1.29, 1.82) is 0 Å². The molecule has 0 amide bonds. The zero-order valence-electron chi connectivity index (χ0n) is 12.0. The number of benzene rings is 2. The molecule has 5 heteroatoms. The second-order valence-electron chi connectivity index (χ2n) is 5.21. The molecule has 0 atom stereocenters. The highest BCUT2D eigenvalue weighted by Gasteiger charge is 2.23. The number of hydrogen-bond donors (Lipinski definition) is 1. The maximum absolute atomic E-state index is 13.9. The molecule has 0 bridgehead atoms. The van der Waals surface area contributed by atoms with Gasteiger partial charge in [-0.25, -0.2) is 4.39 Å². The number of carbonyl (C=O) groups is 1. The van der Waals surface area contributed by atoms with Crippen molar-refractivity contribution < 1.29 is 19.0 Å². The summed E-state index contributed by atoms with van der Waals surface area (Å²) in [6, 6.07) is 6.50. The molecule has 0 fully saturated rings. The van der Waals surface area contributed by atoms with Gasteiger partial charge in [0.1, 0.15) is 11.6 Å². The summed E-state index contributed by atoms with van der Waals surface area (Å²) in [6.45, 7) is -0.215. The Kier molecular flexibility index (Phi) is 4.02. The average molecular weight is 365 g/mol. The molecule has 0 saturated carbocycles. The van der Waals surface area contributed by atoms with Crippen LogP contribution in [-0.2, 0) is 13.0 Å². The van der Waals surface area contributed by atoms with E-state index in [-0.39, 0.29) is 12.4 Å². The van der Waals surface area contributed by atoms with Gasteiger partial charge >= 0.3 is 0 Å². The Hall–Kier alpha value is -1.72. The molecule has 1 aliphatic carbocycles. The first-order chi connectivity index (χ1) is 10.5. The summed E-state index contributed by atoms with van der Waals surface area (Å²) in [4.78, 5) is 11.8. The lowest BCUT2D eigenvalue weighted by Crippen LogP contribution is -1.98. The zero-order valence-corrected chi connectivity index (χ0v) is 13.5. The molecule has 0 heterocycles. The SMILES string of the molecule is COc1cc2c(cc1-c1cc(F)c(Br)cc1CO)CCC2=O. The second-order valence-corrected chi connectivity index (χ2v) is 6.07. The maximum Gasteiger partial charge on any atom is 0.163 e. The lowest BCUT2D eigenvalue weighted by molar-refractivity contribution is 0.0994. The predicted octanol–water partition coefficient (Wildman–Crippen LogP) is 3.89. The van der Waals surface area contributed by atoms with Crippen LogP contribution < -0.4 is 4.74 Å². The van der Waals surface area contributed by atoms with E-state index in [2.05, 4.69) is 15.9 Å². The third-order valence-corrected chi connectivity index (χ3v) is 4.56. The number of carbonyl (C=O) groups excluding carboxylic acids is 1. The minimum Gasteiger partial charge on any atom is -0.496 e. The Labute approximate surface area is 135 Å². The summed E-state index contributed by atoms with van der Waals surface area (Å²) in [6.07, 6.45) is 1.17. The standard InChI is InChI=1S/C17H14BrFO3/c1-22-17-7-12-9(2-3-16(12)21)4-13(17)11-6-15(19)14(18)5-10(11)8-20/h4-7,20H,2-3,8H2,1H3. The molecule has 0 saturated heterocycles. The quantitative estimate of drug-likeness (QED) is 0.898. The van der Waals surface area contributed by atoms with Gasteiger partial charge in [-0.15, -0.1) is 0 Å². The summed E-state index contributed by atoms with van der Waals surface area (Å²) in [5.41, 5.74) is 3.46. The number of Topliss-reactive ketones (excluding diaryl/α,β-unsaturated/α-hetero) is 1. The van der Waals surface area contributed by atoms with E-state index in [0.29, 0.717) is 45.3 Å². The second kappa shape index (κ2) is 5.82. The first-order valence-corrected chi connectivity index (χ1v) is 7.67. The summed E-state index contributed by atoms with van der Waals surface area (Å²) in [5, 5.41) is 9.56. The first kappa shape index (κ1) is 15.2. The van der Waals surface area contributed by atoms with Crippen LogP contribution in [0.3, 0.4) is 0 Å². The van der Waals surface area contributed by atoms with Crippen LogP contribution in [0.1, 0.15) is 27.9 Å². The van der Waals surface area contributed by atoms with Gasteiger partial charge in [0.25, 0.3) is 0 Å². The summed E-state index contributed by atoms with van der Waals surface area (Å²) in [7, 11) is 1.51. The molecule has 2 aromatic carbocycles. The number of aryl methyl sites for hydroxylation is 1. The van der Waals surface area contributed by atoms with Crippen LogP contribution >= 0.6 is 15.9 Å². The Morgan fingerprint density at radius 1 is 1.18 bits per heavy atom. The number of ether oxygens (including phenoxy) is 1. The number of halogens is 2. The summed E-state index contributed by atoms with van der Waals surface area (Å²) in [5.74, 6) is 0.195. The van der Waals surface area contributed by atoms with Gasteiger partial charge in [0.2, 0.25) is 0 Å². The van der Waals surface area contributed by atoms with Gasteiger partial charge in [0.15, 0.2) is 5.78 Å². The molecule has 114 valence electrons. The molecule has 3 rings (SSSR count). The number of rotatable bonds is 3. The molecular weight excluding hydrogens is 351 g/mol. The normalized spacial score (nSPS) is 13.4. The summed E-state index contributed by atoms with van der Waals surface area (Å²) >= 11 is 3.12. The highest BCUT2D eigenvalue weighted by atomic mass is 79.9. The van der Waals surface area contributed by atoms with Crippen molar-refractivity contribution in [3.63, 3.8) is 0 Å². The number of hydrogen-bond acceptors (Lipinski definition) is 3. The first-order valence-electron chi connectivity index (χ1n) is 6.88. The minimum atomic E-state index is -0.411. The molecule has 0 unspecified atom stereocenters. The topological polar surface area (TPSA) is 46.5 Å². The third kappa shape index (κ3) is 2.44. The van der Waals surface area contributed by atoms with Crippen molar-refractivity contribution in [2.24, 2.45) is 0 Å². The lowest BCUT2D eigenvalue weighted by Gasteiger charge is -2.15. The number of aliphatic hydroxyl groups is 1. The van der Waals surface area contributed by atoms with Crippen molar-refractivity contribution in [3.8, 4) is 16.9 Å². The van der Waals surface area contributed by atoms with Gasteiger partial charge in [-0.3, -0.25) is 4.79 Å². The monoisotopic (exact) mass is 364 g/mol. The van der Waals surface area contributed by atoms with Crippen molar-refractivity contribution in [2.75, 3.05) is 7.11 Å². The molecule has 3 nitrogen and oxygen atoms in total. The fraction of sp³-hybridized carbons (Fsp3) is 0.235. The highest BCUT2D eigenvalue weighted by Crippen LogP contribution is 2.39. The summed E-state index contributed by atoms with van der Waals surface area (Å²) < 4.78 is 19.6. The Morgan fingerprint density at radius 3 is 2.64 bits per heavy atom. The lowest BCUT2D eigenvalue weighted by atomic mass is 9.95. The number of ketones is 1. The predicted molar refractivity (Wildman–Crippen MR) is 84.7 cm³/mol. The van der Waals surface area contributed by atoms with E-state index >= 15 is 0 Å². The Balaban J connectivity index is 2.24. The van der Waals surface area contributed by atoms with Crippen LogP contribution in [0.25, 0.3) is 11.1 Å². The van der Waals surface area contributed by atoms with E-state index in [0.717, 1.165) is 5.56 Å². The molecule has 1 N–H and O–H groups in total.